The number of rotatable bonds is 7. The first-order chi connectivity index (χ1) is 14.2. The minimum atomic E-state index is 0.262. The Morgan fingerprint density at radius 2 is 1.83 bits per heavy atom. The first kappa shape index (κ1) is 21.3. The normalized spacial score (nSPS) is 24.8. The summed E-state index contributed by atoms with van der Waals surface area (Å²) in [5, 5.41) is 0. The van der Waals surface area contributed by atoms with Crippen LogP contribution in [0, 0.1) is 12.8 Å². The van der Waals surface area contributed by atoms with Crippen LogP contribution in [0.2, 0.25) is 0 Å². The summed E-state index contributed by atoms with van der Waals surface area (Å²) >= 11 is 1.65. The van der Waals surface area contributed by atoms with Crippen molar-refractivity contribution in [2.24, 2.45) is 5.92 Å². The van der Waals surface area contributed by atoms with Gasteiger partial charge in [-0.25, -0.2) is 0 Å². The minimum Gasteiger partial charge on any atom is -0.336 e. The Morgan fingerprint density at radius 1 is 1.03 bits per heavy atom. The van der Waals surface area contributed by atoms with Crippen LogP contribution in [0.5, 0.6) is 0 Å². The van der Waals surface area contributed by atoms with Crippen LogP contribution in [0.3, 0.4) is 0 Å². The van der Waals surface area contributed by atoms with Crippen molar-refractivity contribution >= 4 is 17.2 Å². The lowest BCUT2D eigenvalue weighted by molar-refractivity contribution is 0.0614. The Labute approximate surface area is 181 Å². The molecule has 4 nitrogen and oxygen atoms in total. The topological polar surface area (TPSA) is 26.8 Å². The molecular weight excluding hydrogens is 378 g/mol. The fourth-order valence-corrected chi connectivity index (χ4v) is 6.42. The molecule has 3 heterocycles. The number of hydrogen-bond donors (Lipinski definition) is 0. The lowest BCUT2D eigenvalue weighted by Crippen LogP contribution is -2.47. The molecule has 2 aliphatic heterocycles. The van der Waals surface area contributed by atoms with Gasteiger partial charge in [-0.3, -0.25) is 4.79 Å². The van der Waals surface area contributed by atoms with Crippen LogP contribution in [0.15, 0.2) is 12.1 Å². The zero-order chi connectivity index (χ0) is 20.1. The van der Waals surface area contributed by atoms with Gasteiger partial charge in [0.25, 0.3) is 5.91 Å². The molecule has 0 N–H and O–H groups in total. The van der Waals surface area contributed by atoms with E-state index in [9.17, 15) is 4.79 Å². The van der Waals surface area contributed by atoms with Gasteiger partial charge in [0, 0.05) is 37.1 Å². The van der Waals surface area contributed by atoms with Gasteiger partial charge in [0.15, 0.2) is 0 Å². The van der Waals surface area contributed by atoms with Crippen molar-refractivity contribution in [1.82, 2.24) is 14.7 Å². The van der Waals surface area contributed by atoms with Crippen LogP contribution in [-0.2, 0) is 0 Å². The molecule has 0 bridgehead atoms. The summed E-state index contributed by atoms with van der Waals surface area (Å²) in [6.07, 6.45) is 12.2. The highest BCUT2D eigenvalue weighted by Crippen LogP contribution is 2.29. The van der Waals surface area contributed by atoms with E-state index in [1.165, 1.54) is 88.8 Å². The maximum absolute atomic E-state index is 13.3. The average molecular weight is 418 g/mol. The first-order valence-electron chi connectivity index (χ1n) is 12.0. The van der Waals surface area contributed by atoms with Gasteiger partial charge in [-0.05, 0) is 83.1 Å². The molecule has 3 aliphatic rings. The standard InChI is InChI=1S/C24H39N3OS/c1-20-11-12-23(29-20)24(28)27(17-16-25-13-5-2-6-14-25)19-21-8-7-15-26(18-21)22-9-3-4-10-22/h11-12,21-22H,2-10,13-19H2,1H3/t21-/m0/s1. The van der Waals surface area contributed by atoms with E-state index in [4.69, 9.17) is 0 Å². The molecule has 162 valence electrons. The van der Waals surface area contributed by atoms with Gasteiger partial charge in [0.1, 0.15) is 0 Å². The molecule has 0 radical (unpaired) electrons. The van der Waals surface area contributed by atoms with E-state index in [2.05, 4.69) is 27.7 Å². The van der Waals surface area contributed by atoms with E-state index in [1.807, 2.05) is 6.07 Å². The summed E-state index contributed by atoms with van der Waals surface area (Å²) < 4.78 is 0. The van der Waals surface area contributed by atoms with Crippen molar-refractivity contribution in [3.05, 3.63) is 21.9 Å². The zero-order valence-electron chi connectivity index (χ0n) is 18.3. The van der Waals surface area contributed by atoms with E-state index < -0.39 is 0 Å². The molecule has 2 saturated heterocycles. The Kier molecular flexibility index (Phi) is 7.65. The Hall–Kier alpha value is -0.910. The third-order valence-electron chi connectivity index (χ3n) is 7.24. The van der Waals surface area contributed by atoms with E-state index in [0.717, 1.165) is 30.6 Å². The maximum Gasteiger partial charge on any atom is 0.263 e. The van der Waals surface area contributed by atoms with Gasteiger partial charge < -0.3 is 14.7 Å². The molecule has 29 heavy (non-hydrogen) atoms. The number of aryl methyl sites for hydroxylation is 1. The second-order valence-corrected chi connectivity index (χ2v) is 10.8. The number of thiophene rings is 1. The molecule has 5 heteroatoms. The molecule has 1 saturated carbocycles. The van der Waals surface area contributed by atoms with Gasteiger partial charge in [0.2, 0.25) is 0 Å². The van der Waals surface area contributed by atoms with Crippen molar-refractivity contribution in [3.8, 4) is 0 Å². The summed E-state index contributed by atoms with van der Waals surface area (Å²) in [6, 6.07) is 4.93. The number of carbonyl (C=O) groups is 1. The summed E-state index contributed by atoms with van der Waals surface area (Å²) in [5.41, 5.74) is 0. The lowest BCUT2D eigenvalue weighted by atomic mass is 9.95. The average Bonchev–Trinajstić information content (AvgIpc) is 3.44. The van der Waals surface area contributed by atoms with Gasteiger partial charge in [-0.2, -0.15) is 0 Å². The summed E-state index contributed by atoms with van der Waals surface area (Å²) in [7, 11) is 0. The molecule has 1 aliphatic carbocycles. The highest BCUT2D eigenvalue weighted by Gasteiger charge is 2.30. The summed E-state index contributed by atoms with van der Waals surface area (Å²) in [4.78, 5) is 23.0. The van der Waals surface area contributed by atoms with Crippen LogP contribution in [-0.4, -0.2) is 72.5 Å². The van der Waals surface area contributed by atoms with Crippen LogP contribution < -0.4 is 0 Å². The van der Waals surface area contributed by atoms with Crippen molar-refractivity contribution in [2.75, 3.05) is 45.8 Å². The number of hydrogen-bond acceptors (Lipinski definition) is 4. The highest BCUT2D eigenvalue weighted by molar-refractivity contribution is 7.13. The van der Waals surface area contributed by atoms with Gasteiger partial charge in [-0.1, -0.05) is 19.3 Å². The van der Waals surface area contributed by atoms with Crippen LogP contribution in [0.25, 0.3) is 0 Å². The minimum absolute atomic E-state index is 0.262. The van der Waals surface area contributed by atoms with Crippen molar-refractivity contribution < 1.29 is 4.79 Å². The SMILES string of the molecule is Cc1ccc(C(=O)N(CCN2CCCCC2)C[C@H]2CCCN(C3CCCC3)C2)s1. The second-order valence-electron chi connectivity index (χ2n) is 9.51. The highest BCUT2D eigenvalue weighted by atomic mass is 32.1. The molecule has 1 aromatic rings. The molecule has 3 fully saturated rings. The fraction of sp³-hybridized carbons (Fsp3) is 0.792. The van der Waals surface area contributed by atoms with Crippen molar-refractivity contribution in [2.45, 2.75) is 70.8 Å². The monoisotopic (exact) mass is 417 g/mol. The summed E-state index contributed by atoms with van der Waals surface area (Å²) in [6.45, 7) is 9.84. The van der Waals surface area contributed by atoms with Crippen molar-refractivity contribution in [1.29, 1.82) is 0 Å². The molecule has 0 unspecified atom stereocenters. The number of carbonyl (C=O) groups excluding carboxylic acids is 1. The Bertz CT molecular complexity index is 648. The smallest absolute Gasteiger partial charge is 0.263 e. The zero-order valence-corrected chi connectivity index (χ0v) is 19.1. The van der Waals surface area contributed by atoms with Gasteiger partial charge in [0.05, 0.1) is 4.88 Å². The Balaban J connectivity index is 1.38. The third-order valence-corrected chi connectivity index (χ3v) is 8.23. The third kappa shape index (κ3) is 5.83. The van der Waals surface area contributed by atoms with E-state index in [-0.39, 0.29) is 5.91 Å². The molecular formula is C24H39N3OS. The number of likely N-dealkylation sites (tertiary alicyclic amines) is 2. The van der Waals surface area contributed by atoms with Crippen LogP contribution >= 0.6 is 11.3 Å². The molecule has 1 atom stereocenters. The van der Waals surface area contributed by atoms with E-state index >= 15 is 0 Å². The summed E-state index contributed by atoms with van der Waals surface area (Å²) in [5.74, 6) is 0.897. The van der Waals surface area contributed by atoms with Crippen molar-refractivity contribution in [3.63, 3.8) is 0 Å². The largest absolute Gasteiger partial charge is 0.336 e. The van der Waals surface area contributed by atoms with Gasteiger partial charge in [-0.15, -0.1) is 11.3 Å². The molecule has 1 amide bonds. The molecule has 0 spiro atoms. The number of piperidine rings is 2. The quantitative estimate of drug-likeness (QED) is 0.647. The van der Waals surface area contributed by atoms with Gasteiger partial charge >= 0.3 is 0 Å². The first-order valence-corrected chi connectivity index (χ1v) is 12.8. The van der Waals surface area contributed by atoms with E-state index in [0.29, 0.717) is 5.92 Å². The fourth-order valence-electron chi connectivity index (χ4n) is 5.59. The number of amides is 1. The second kappa shape index (κ2) is 10.4. The lowest BCUT2D eigenvalue weighted by Gasteiger charge is -2.39. The van der Waals surface area contributed by atoms with Crippen LogP contribution in [0.1, 0.15) is 72.3 Å². The van der Waals surface area contributed by atoms with Crippen LogP contribution in [0.4, 0.5) is 0 Å². The Morgan fingerprint density at radius 3 is 2.55 bits per heavy atom. The number of nitrogens with zero attached hydrogens (tertiary/aromatic N) is 3. The molecule has 1 aromatic heterocycles. The van der Waals surface area contributed by atoms with E-state index in [1.54, 1.807) is 11.3 Å². The molecule has 0 aromatic carbocycles. The maximum atomic E-state index is 13.3. The predicted octanol–water partition coefficient (Wildman–Crippen LogP) is 4.64. The molecule has 4 rings (SSSR count). The predicted molar refractivity (Wildman–Crippen MR) is 122 cm³/mol.